The van der Waals surface area contributed by atoms with Gasteiger partial charge in [0.25, 0.3) is 0 Å². The third-order valence-electron chi connectivity index (χ3n) is 4.21. The minimum Gasteiger partial charge on any atom is -0.339 e. The zero-order chi connectivity index (χ0) is 14.7. The number of fused-ring (bicyclic) bond motifs is 3. The van der Waals surface area contributed by atoms with E-state index >= 15 is 0 Å². The Bertz CT molecular complexity index is 667. The van der Waals surface area contributed by atoms with Crippen LogP contribution in [0, 0.1) is 0 Å². The molecule has 2 nitrogen and oxygen atoms in total. The number of hydrogen-bond donors (Lipinski definition) is 1. The van der Waals surface area contributed by atoms with Crippen molar-refractivity contribution < 1.29 is 0 Å². The van der Waals surface area contributed by atoms with Crippen molar-refractivity contribution in [3.05, 3.63) is 48.5 Å². The van der Waals surface area contributed by atoms with Crippen LogP contribution in [0.25, 0.3) is 21.8 Å². The van der Waals surface area contributed by atoms with E-state index < -0.39 is 0 Å². The molecule has 2 aromatic carbocycles. The third kappa shape index (κ3) is 2.68. The van der Waals surface area contributed by atoms with Gasteiger partial charge in [0.1, 0.15) is 0 Å². The number of benzene rings is 2. The molecule has 0 bridgehead atoms. The van der Waals surface area contributed by atoms with Crippen LogP contribution in [0.5, 0.6) is 0 Å². The van der Waals surface area contributed by atoms with Gasteiger partial charge in [0, 0.05) is 34.4 Å². The van der Waals surface area contributed by atoms with E-state index in [1.165, 1.54) is 34.6 Å². The number of rotatable bonds is 6. The second-order valence-electron chi connectivity index (χ2n) is 5.69. The molecule has 110 valence electrons. The molecule has 0 saturated carbocycles. The summed E-state index contributed by atoms with van der Waals surface area (Å²) in [4.78, 5) is 0. The van der Waals surface area contributed by atoms with Crippen LogP contribution in [0.3, 0.4) is 0 Å². The summed E-state index contributed by atoms with van der Waals surface area (Å²) in [6.07, 6.45) is 2.43. The average Bonchev–Trinajstić information content (AvgIpc) is 2.83. The van der Waals surface area contributed by atoms with Crippen molar-refractivity contribution in [2.45, 2.75) is 39.3 Å². The normalized spacial score (nSPS) is 13.0. The van der Waals surface area contributed by atoms with Crippen molar-refractivity contribution in [3.63, 3.8) is 0 Å². The van der Waals surface area contributed by atoms with Crippen LogP contribution in [-0.2, 0) is 6.54 Å². The first kappa shape index (κ1) is 14.2. The van der Waals surface area contributed by atoms with Crippen LogP contribution in [0.1, 0.15) is 26.7 Å². The van der Waals surface area contributed by atoms with Crippen molar-refractivity contribution in [1.82, 2.24) is 9.88 Å². The highest BCUT2D eigenvalue weighted by atomic mass is 15.0. The molecule has 1 heterocycles. The maximum absolute atomic E-state index is 3.63. The fourth-order valence-electron chi connectivity index (χ4n) is 3.32. The van der Waals surface area contributed by atoms with E-state index in [0.717, 1.165) is 13.1 Å². The molecule has 3 aromatic rings. The van der Waals surface area contributed by atoms with Crippen LogP contribution >= 0.6 is 0 Å². The smallest absolute Gasteiger partial charge is 0.0491 e. The van der Waals surface area contributed by atoms with Crippen molar-refractivity contribution in [2.75, 3.05) is 6.54 Å². The van der Waals surface area contributed by atoms with E-state index in [1.807, 2.05) is 0 Å². The molecule has 1 aromatic heterocycles. The lowest BCUT2D eigenvalue weighted by Gasteiger charge is -2.19. The highest BCUT2D eigenvalue weighted by Gasteiger charge is 2.13. The van der Waals surface area contributed by atoms with Gasteiger partial charge < -0.3 is 9.88 Å². The molecule has 2 heteroatoms. The number of para-hydroxylation sites is 2. The first-order chi connectivity index (χ1) is 10.3. The van der Waals surface area contributed by atoms with Crippen LogP contribution in [-0.4, -0.2) is 17.2 Å². The van der Waals surface area contributed by atoms with Crippen LogP contribution in [0.4, 0.5) is 0 Å². The maximum atomic E-state index is 3.63. The molecule has 1 atom stereocenters. The van der Waals surface area contributed by atoms with Gasteiger partial charge in [0.05, 0.1) is 0 Å². The first-order valence-electron chi connectivity index (χ1n) is 8.04. The minimum absolute atomic E-state index is 0.541. The number of hydrogen-bond acceptors (Lipinski definition) is 1. The van der Waals surface area contributed by atoms with Gasteiger partial charge in [0.15, 0.2) is 0 Å². The Morgan fingerprint density at radius 3 is 2.00 bits per heavy atom. The Balaban J connectivity index is 2.10. The number of nitrogens with zero attached hydrogens (tertiary/aromatic N) is 1. The fourth-order valence-corrected chi connectivity index (χ4v) is 3.32. The van der Waals surface area contributed by atoms with Gasteiger partial charge in [0.2, 0.25) is 0 Å². The highest BCUT2D eigenvalue weighted by Crippen LogP contribution is 2.29. The van der Waals surface area contributed by atoms with Crippen molar-refractivity contribution in [2.24, 2.45) is 0 Å². The van der Waals surface area contributed by atoms with E-state index in [9.17, 15) is 0 Å². The van der Waals surface area contributed by atoms with Gasteiger partial charge in [-0.3, -0.25) is 0 Å². The molecule has 0 saturated heterocycles. The number of aromatic nitrogens is 1. The second kappa shape index (κ2) is 6.31. The third-order valence-corrected chi connectivity index (χ3v) is 4.21. The Labute approximate surface area is 126 Å². The quantitative estimate of drug-likeness (QED) is 0.699. The zero-order valence-electron chi connectivity index (χ0n) is 13.0. The molecule has 0 amide bonds. The molecule has 0 aliphatic rings. The number of nitrogens with one attached hydrogen (secondary N) is 1. The second-order valence-corrected chi connectivity index (χ2v) is 5.69. The van der Waals surface area contributed by atoms with E-state index in [1.54, 1.807) is 0 Å². The fraction of sp³-hybridized carbons (Fsp3) is 0.368. The zero-order valence-corrected chi connectivity index (χ0v) is 13.0. The largest absolute Gasteiger partial charge is 0.339 e. The summed E-state index contributed by atoms with van der Waals surface area (Å²) in [5.41, 5.74) is 2.69. The Kier molecular flexibility index (Phi) is 4.26. The van der Waals surface area contributed by atoms with Crippen molar-refractivity contribution in [1.29, 1.82) is 0 Å². The summed E-state index contributed by atoms with van der Waals surface area (Å²) in [6, 6.07) is 18.0. The predicted octanol–water partition coefficient (Wildman–Crippen LogP) is 4.57. The lowest BCUT2D eigenvalue weighted by atomic mass is 10.1. The Hall–Kier alpha value is -1.80. The highest BCUT2D eigenvalue weighted by molar-refractivity contribution is 6.07. The monoisotopic (exact) mass is 280 g/mol. The lowest BCUT2D eigenvalue weighted by Crippen LogP contribution is -2.32. The summed E-state index contributed by atoms with van der Waals surface area (Å²) < 4.78 is 2.48. The summed E-state index contributed by atoms with van der Waals surface area (Å²) in [5.74, 6) is 0. The minimum atomic E-state index is 0.541. The number of likely N-dealkylation sites (N-methyl/N-ethyl adjacent to an activating group) is 1. The van der Waals surface area contributed by atoms with E-state index in [0.29, 0.717) is 6.04 Å². The SMILES string of the molecule is CCCC(Cn1c2ccccc2c2ccccc21)NCC. The summed E-state index contributed by atoms with van der Waals surface area (Å²) >= 11 is 0. The van der Waals surface area contributed by atoms with Crippen molar-refractivity contribution in [3.8, 4) is 0 Å². The Morgan fingerprint density at radius 1 is 0.905 bits per heavy atom. The molecule has 21 heavy (non-hydrogen) atoms. The van der Waals surface area contributed by atoms with Crippen LogP contribution < -0.4 is 5.32 Å². The first-order valence-corrected chi connectivity index (χ1v) is 8.04. The molecule has 0 aliphatic carbocycles. The van der Waals surface area contributed by atoms with Crippen molar-refractivity contribution >= 4 is 21.8 Å². The van der Waals surface area contributed by atoms with Gasteiger partial charge in [-0.1, -0.05) is 56.7 Å². The molecule has 3 rings (SSSR count). The van der Waals surface area contributed by atoms with Crippen LogP contribution in [0.2, 0.25) is 0 Å². The average molecular weight is 280 g/mol. The summed E-state index contributed by atoms with van der Waals surface area (Å²) in [6.45, 7) is 6.52. The summed E-state index contributed by atoms with van der Waals surface area (Å²) in [7, 11) is 0. The Morgan fingerprint density at radius 2 is 1.48 bits per heavy atom. The van der Waals surface area contributed by atoms with Gasteiger partial charge in [-0.15, -0.1) is 0 Å². The molecule has 0 spiro atoms. The lowest BCUT2D eigenvalue weighted by molar-refractivity contribution is 0.439. The topological polar surface area (TPSA) is 17.0 Å². The predicted molar refractivity (Wildman–Crippen MR) is 91.8 cm³/mol. The molecule has 0 fully saturated rings. The van der Waals surface area contributed by atoms with E-state index in [-0.39, 0.29) is 0 Å². The summed E-state index contributed by atoms with van der Waals surface area (Å²) in [5, 5.41) is 6.35. The van der Waals surface area contributed by atoms with Gasteiger partial charge in [-0.25, -0.2) is 0 Å². The van der Waals surface area contributed by atoms with Crippen LogP contribution in [0.15, 0.2) is 48.5 Å². The van der Waals surface area contributed by atoms with Gasteiger partial charge in [-0.2, -0.15) is 0 Å². The molecule has 1 N–H and O–H groups in total. The molecule has 0 radical (unpaired) electrons. The molecule has 0 aliphatic heterocycles. The molecular formula is C19H24N2. The maximum Gasteiger partial charge on any atom is 0.0491 e. The van der Waals surface area contributed by atoms with Gasteiger partial charge in [-0.05, 0) is 25.1 Å². The van der Waals surface area contributed by atoms with E-state index in [2.05, 4.69) is 72.3 Å². The van der Waals surface area contributed by atoms with E-state index in [4.69, 9.17) is 0 Å². The molecule has 1 unspecified atom stereocenters. The van der Waals surface area contributed by atoms with Gasteiger partial charge >= 0.3 is 0 Å². The molecular weight excluding hydrogens is 256 g/mol. The standard InChI is InChI=1S/C19H24N2/c1-3-9-15(20-4-2)14-21-18-12-7-5-10-16(18)17-11-6-8-13-19(17)21/h5-8,10-13,15,20H,3-4,9,14H2,1-2H3.